The summed E-state index contributed by atoms with van der Waals surface area (Å²) in [5.74, 6) is 1.47. The molecule has 0 aliphatic heterocycles. The lowest BCUT2D eigenvalue weighted by Crippen LogP contribution is -2.02. The number of nitrogens with zero attached hydrogens (tertiary/aromatic N) is 2. The fourth-order valence-corrected chi connectivity index (χ4v) is 1.51. The van der Waals surface area contributed by atoms with Crippen molar-refractivity contribution in [2.24, 2.45) is 5.73 Å². The minimum atomic E-state index is 0.545. The molecule has 2 heterocycles. The lowest BCUT2D eigenvalue weighted by molar-refractivity contribution is 0.507. The molecular weight excluding hydrogens is 192 g/mol. The summed E-state index contributed by atoms with van der Waals surface area (Å²) < 4.78 is 5.63. The van der Waals surface area contributed by atoms with Gasteiger partial charge in [-0.25, -0.2) is 4.98 Å². The summed E-state index contributed by atoms with van der Waals surface area (Å²) in [4.78, 5) is 4.31. The quantitative estimate of drug-likeness (QED) is 0.790. The zero-order chi connectivity index (χ0) is 10.8. The number of nitrogens with one attached hydrogen (secondary N) is 1. The lowest BCUT2D eigenvalue weighted by atomic mass is 10.2. The molecule has 2 aromatic rings. The van der Waals surface area contributed by atoms with Gasteiger partial charge in [-0.2, -0.15) is 5.10 Å². The van der Waals surface area contributed by atoms with E-state index in [0.29, 0.717) is 18.9 Å². The number of hydrogen-bond donors (Lipinski definition) is 2. The molecule has 3 N–H and O–H groups in total. The standard InChI is InChI=1S/C10H14N4O/c1-6-8(5-12-14-6)10-7(2)13-9(15-10)3-4-11/h5H,3-4,11H2,1-2H3,(H,12,14). The van der Waals surface area contributed by atoms with E-state index in [1.54, 1.807) is 6.20 Å². The third-order valence-electron chi connectivity index (χ3n) is 2.27. The number of aromatic amines is 1. The van der Waals surface area contributed by atoms with Crippen LogP contribution in [0.5, 0.6) is 0 Å². The second-order valence-electron chi connectivity index (χ2n) is 3.47. The highest BCUT2D eigenvalue weighted by atomic mass is 16.4. The predicted octanol–water partition coefficient (Wildman–Crippen LogP) is 1.18. The predicted molar refractivity (Wildman–Crippen MR) is 56.3 cm³/mol. The van der Waals surface area contributed by atoms with Crippen LogP contribution in [0.2, 0.25) is 0 Å². The number of hydrogen-bond acceptors (Lipinski definition) is 4. The molecule has 0 aliphatic rings. The molecule has 0 radical (unpaired) electrons. The summed E-state index contributed by atoms with van der Waals surface area (Å²) in [7, 11) is 0. The summed E-state index contributed by atoms with van der Waals surface area (Å²) in [6.07, 6.45) is 2.41. The summed E-state index contributed by atoms with van der Waals surface area (Å²) >= 11 is 0. The van der Waals surface area contributed by atoms with Crippen LogP contribution in [0, 0.1) is 13.8 Å². The number of oxazole rings is 1. The van der Waals surface area contributed by atoms with E-state index in [1.165, 1.54) is 0 Å². The van der Waals surface area contributed by atoms with Gasteiger partial charge in [0, 0.05) is 18.7 Å². The summed E-state index contributed by atoms with van der Waals surface area (Å²) in [5, 5.41) is 6.83. The molecule has 0 saturated heterocycles. The molecule has 0 atom stereocenters. The fraction of sp³-hybridized carbons (Fsp3) is 0.400. The maximum absolute atomic E-state index is 5.63. The van der Waals surface area contributed by atoms with Crippen molar-refractivity contribution >= 4 is 0 Å². The number of H-pyrrole nitrogens is 1. The monoisotopic (exact) mass is 206 g/mol. The molecule has 2 rings (SSSR count). The third-order valence-corrected chi connectivity index (χ3v) is 2.27. The van der Waals surface area contributed by atoms with E-state index in [-0.39, 0.29) is 0 Å². The first kappa shape index (κ1) is 9.92. The maximum Gasteiger partial charge on any atom is 0.196 e. The first-order chi connectivity index (χ1) is 7.22. The lowest BCUT2D eigenvalue weighted by Gasteiger charge is -1.93. The van der Waals surface area contributed by atoms with Crippen molar-refractivity contribution in [1.29, 1.82) is 0 Å². The Kier molecular flexibility index (Phi) is 2.55. The van der Waals surface area contributed by atoms with Gasteiger partial charge in [-0.3, -0.25) is 5.10 Å². The second kappa shape index (κ2) is 3.86. The number of aromatic nitrogens is 3. The molecule has 0 amide bonds. The molecule has 0 aliphatic carbocycles. The van der Waals surface area contributed by atoms with Gasteiger partial charge in [-0.15, -0.1) is 0 Å². The Morgan fingerprint density at radius 3 is 2.87 bits per heavy atom. The molecule has 80 valence electrons. The molecular formula is C10H14N4O. The molecule has 0 bridgehead atoms. The van der Waals surface area contributed by atoms with Gasteiger partial charge in [0.25, 0.3) is 0 Å². The van der Waals surface area contributed by atoms with Crippen LogP contribution in [0.25, 0.3) is 11.3 Å². The molecule has 0 spiro atoms. The molecule has 5 heteroatoms. The number of nitrogens with two attached hydrogens (primary N) is 1. The first-order valence-electron chi connectivity index (χ1n) is 4.89. The SMILES string of the molecule is Cc1nc(CCN)oc1-c1cn[nH]c1C. The molecule has 5 nitrogen and oxygen atoms in total. The molecule has 0 aromatic carbocycles. The fourth-order valence-electron chi connectivity index (χ4n) is 1.51. The Balaban J connectivity index is 2.40. The molecule has 0 saturated carbocycles. The van der Waals surface area contributed by atoms with Gasteiger partial charge in [0.1, 0.15) is 0 Å². The van der Waals surface area contributed by atoms with Crippen LogP contribution in [-0.2, 0) is 6.42 Å². The summed E-state index contributed by atoms with van der Waals surface area (Å²) in [5.41, 5.74) is 8.27. The molecule has 2 aromatic heterocycles. The minimum Gasteiger partial charge on any atom is -0.440 e. The highest BCUT2D eigenvalue weighted by Crippen LogP contribution is 2.25. The van der Waals surface area contributed by atoms with Crippen LogP contribution in [-0.4, -0.2) is 21.7 Å². The Labute approximate surface area is 87.7 Å². The largest absolute Gasteiger partial charge is 0.440 e. The van der Waals surface area contributed by atoms with Crippen molar-refractivity contribution in [3.63, 3.8) is 0 Å². The van der Waals surface area contributed by atoms with E-state index in [4.69, 9.17) is 10.2 Å². The Bertz CT molecular complexity index is 458. The first-order valence-corrected chi connectivity index (χ1v) is 4.89. The van der Waals surface area contributed by atoms with Crippen molar-refractivity contribution in [3.05, 3.63) is 23.5 Å². The zero-order valence-corrected chi connectivity index (χ0v) is 8.87. The van der Waals surface area contributed by atoms with Crippen LogP contribution in [0.3, 0.4) is 0 Å². The van der Waals surface area contributed by atoms with Gasteiger partial charge in [0.2, 0.25) is 0 Å². The van der Waals surface area contributed by atoms with Crippen molar-refractivity contribution in [3.8, 4) is 11.3 Å². The minimum absolute atomic E-state index is 0.545. The van der Waals surface area contributed by atoms with E-state index in [1.807, 2.05) is 13.8 Å². The van der Waals surface area contributed by atoms with E-state index in [9.17, 15) is 0 Å². The van der Waals surface area contributed by atoms with Crippen LogP contribution in [0.15, 0.2) is 10.6 Å². The van der Waals surface area contributed by atoms with Gasteiger partial charge in [0.05, 0.1) is 17.5 Å². The van der Waals surface area contributed by atoms with E-state index in [0.717, 1.165) is 22.7 Å². The Morgan fingerprint density at radius 2 is 2.27 bits per heavy atom. The normalized spacial score (nSPS) is 10.9. The van der Waals surface area contributed by atoms with Gasteiger partial charge in [-0.1, -0.05) is 0 Å². The van der Waals surface area contributed by atoms with Crippen molar-refractivity contribution < 1.29 is 4.42 Å². The number of aryl methyl sites for hydroxylation is 2. The molecule has 0 fully saturated rings. The average molecular weight is 206 g/mol. The van der Waals surface area contributed by atoms with E-state index >= 15 is 0 Å². The Hall–Kier alpha value is -1.62. The highest BCUT2D eigenvalue weighted by molar-refractivity contribution is 5.61. The van der Waals surface area contributed by atoms with Crippen molar-refractivity contribution in [2.45, 2.75) is 20.3 Å². The summed E-state index contributed by atoms with van der Waals surface area (Å²) in [6, 6.07) is 0. The van der Waals surface area contributed by atoms with E-state index < -0.39 is 0 Å². The van der Waals surface area contributed by atoms with Gasteiger partial charge in [0.15, 0.2) is 11.7 Å². The van der Waals surface area contributed by atoms with Crippen LogP contribution >= 0.6 is 0 Å². The van der Waals surface area contributed by atoms with Crippen LogP contribution < -0.4 is 5.73 Å². The summed E-state index contributed by atoms with van der Waals surface area (Å²) in [6.45, 7) is 4.42. The van der Waals surface area contributed by atoms with Crippen LogP contribution in [0.4, 0.5) is 0 Å². The third kappa shape index (κ3) is 1.78. The molecule has 0 unspecified atom stereocenters. The maximum atomic E-state index is 5.63. The highest BCUT2D eigenvalue weighted by Gasteiger charge is 2.14. The van der Waals surface area contributed by atoms with Gasteiger partial charge in [-0.05, 0) is 13.8 Å². The average Bonchev–Trinajstić information content (AvgIpc) is 2.73. The van der Waals surface area contributed by atoms with Crippen molar-refractivity contribution in [1.82, 2.24) is 15.2 Å². The van der Waals surface area contributed by atoms with Gasteiger partial charge < -0.3 is 10.2 Å². The smallest absolute Gasteiger partial charge is 0.196 e. The number of rotatable bonds is 3. The molecule has 15 heavy (non-hydrogen) atoms. The second-order valence-corrected chi connectivity index (χ2v) is 3.47. The van der Waals surface area contributed by atoms with Crippen molar-refractivity contribution in [2.75, 3.05) is 6.54 Å². The topological polar surface area (TPSA) is 80.7 Å². The Morgan fingerprint density at radius 1 is 1.47 bits per heavy atom. The van der Waals surface area contributed by atoms with Crippen LogP contribution in [0.1, 0.15) is 17.3 Å². The van der Waals surface area contributed by atoms with E-state index in [2.05, 4.69) is 15.2 Å². The van der Waals surface area contributed by atoms with Gasteiger partial charge >= 0.3 is 0 Å². The zero-order valence-electron chi connectivity index (χ0n) is 8.87.